The van der Waals surface area contributed by atoms with Gasteiger partial charge in [-0.3, -0.25) is 0 Å². The molecular weight excluding hydrogens is 326 g/mol. The van der Waals surface area contributed by atoms with E-state index in [1.807, 2.05) is 6.20 Å². The molecule has 4 rings (SSSR count). The maximum atomic E-state index is 5.65. The maximum Gasteiger partial charge on any atom is 0.194 e. The average molecular weight is 358 g/mol. The average Bonchev–Trinajstić information content (AvgIpc) is 3.43. The topological polar surface area (TPSA) is 53.0 Å². The summed E-state index contributed by atoms with van der Waals surface area (Å²) in [7, 11) is 0. The van der Waals surface area contributed by atoms with E-state index in [0.717, 1.165) is 57.7 Å². The zero-order valence-electron chi connectivity index (χ0n) is 15.9. The predicted molar refractivity (Wildman–Crippen MR) is 105 cm³/mol. The Balaban J connectivity index is 1.39. The van der Waals surface area contributed by atoms with Crippen LogP contribution in [0.25, 0.3) is 0 Å². The van der Waals surface area contributed by atoms with Gasteiger partial charge in [-0.1, -0.05) is 6.07 Å². The zero-order valence-corrected chi connectivity index (χ0v) is 15.9. The molecule has 4 heterocycles. The first kappa shape index (κ1) is 17.6. The summed E-state index contributed by atoms with van der Waals surface area (Å²) in [6, 6.07) is 4.31. The quantitative estimate of drug-likeness (QED) is 0.662. The molecule has 1 N–H and O–H groups in total. The lowest BCUT2D eigenvalue weighted by atomic mass is 9.87. The fraction of sp³-hybridized carbons (Fsp3) is 0.700. The summed E-state index contributed by atoms with van der Waals surface area (Å²) < 4.78 is 5.65. The van der Waals surface area contributed by atoms with Crippen LogP contribution in [0, 0.1) is 5.41 Å². The number of hydrogen-bond acceptors (Lipinski definition) is 4. The van der Waals surface area contributed by atoms with E-state index in [0.29, 0.717) is 12.0 Å². The van der Waals surface area contributed by atoms with Gasteiger partial charge in [0.05, 0.1) is 13.2 Å². The Morgan fingerprint density at radius 2 is 2.15 bits per heavy atom. The molecule has 0 aliphatic carbocycles. The molecule has 0 amide bonds. The molecule has 6 heteroatoms. The lowest BCUT2D eigenvalue weighted by Gasteiger charge is -2.25. The number of anilines is 1. The minimum atomic E-state index is 0.356. The zero-order chi connectivity index (χ0) is 17.8. The van der Waals surface area contributed by atoms with Crippen LogP contribution in [-0.2, 0) is 11.3 Å². The van der Waals surface area contributed by atoms with Crippen molar-refractivity contribution < 1.29 is 4.74 Å². The van der Waals surface area contributed by atoms with Crippen molar-refractivity contribution in [3.63, 3.8) is 0 Å². The van der Waals surface area contributed by atoms with Crippen molar-refractivity contribution in [3.8, 4) is 0 Å². The van der Waals surface area contributed by atoms with E-state index in [-0.39, 0.29) is 0 Å². The molecule has 1 aromatic heterocycles. The third-order valence-corrected chi connectivity index (χ3v) is 5.91. The van der Waals surface area contributed by atoms with Gasteiger partial charge in [0.15, 0.2) is 5.96 Å². The molecule has 0 radical (unpaired) electrons. The summed E-state index contributed by atoms with van der Waals surface area (Å²) in [6.07, 6.45) is 6.94. The predicted octanol–water partition coefficient (Wildman–Crippen LogP) is 2.26. The summed E-state index contributed by atoms with van der Waals surface area (Å²) in [6.45, 7) is 9.92. The Hall–Kier alpha value is -1.82. The Morgan fingerprint density at radius 3 is 2.85 bits per heavy atom. The fourth-order valence-electron chi connectivity index (χ4n) is 4.32. The molecule has 1 unspecified atom stereocenters. The Labute approximate surface area is 156 Å². The van der Waals surface area contributed by atoms with Crippen LogP contribution in [0.3, 0.4) is 0 Å². The van der Waals surface area contributed by atoms with Crippen molar-refractivity contribution in [1.29, 1.82) is 0 Å². The van der Waals surface area contributed by atoms with Gasteiger partial charge in [-0.15, -0.1) is 0 Å². The number of ether oxygens (including phenoxy) is 1. The molecule has 0 bridgehead atoms. The number of nitrogens with zero attached hydrogens (tertiary/aromatic N) is 4. The second-order valence-electron chi connectivity index (χ2n) is 7.86. The number of likely N-dealkylation sites (tertiary alicyclic amines) is 1. The molecule has 1 spiro atoms. The second kappa shape index (κ2) is 7.82. The molecule has 6 nitrogen and oxygen atoms in total. The largest absolute Gasteiger partial charge is 0.381 e. The number of hydrogen-bond donors (Lipinski definition) is 1. The van der Waals surface area contributed by atoms with Crippen LogP contribution < -0.4 is 10.2 Å². The fourth-order valence-corrected chi connectivity index (χ4v) is 4.32. The van der Waals surface area contributed by atoms with E-state index >= 15 is 0 Å². The smallest absolute Gasteiger partial charge is 0.194 e. The van der Waals surface area contributed by atoms with Crippen LogP contribution in [0.15, 0.2) is 23.3 Å². The van der Waals surface area contributed by atoms with Crippen LogP contribution in [0.1, 0.15) is 38.2 Å². The van der Waals surface area contributed by atoms with Crippen LogP contribution >= 0.6 is 0 Å². The monoisotopic (exact) mass is 357 g/mol. The number of nitrogens with one attached hydrogen (secondary N) is 1. The number of rotatable bonds is 4. The van der Waals surface area contributed by atoms with Crippen LogP contribution in [-0.4, -0.2) is 61.8 Å². The molecule has 142 valence electrons. The van der Waals surface area contributed by atoms with Crippen molar-refractivity contribution >= 4 is 11.8 Å². The van der Waals surface area contributed by atoms with E-state index in [1.54, 1.807) is 0 Å². The maximum absolute atomic E-state index is 5.65. The van der Waals surface area contributed by atoms with Gasteiger partial charge in [-0.05, 0) is 44.2 Å². The number of aliphatic imine (C=N–C) groups is 1. The number of aromatic nitrogens is 1. The molecule has 3 aliphatic rings. The molecule has 0 saturated carbocycles. The third kappa shape index (κ3) is 3.80. The van der Waals surface area contributed by atoms with Gasteiger partial charge in [0.2, 0.25) is 0 Å². The SMILES string of the molecule is CCNC(=NCc1ccc(N2CCCC2)nc1)N1CCC2(CCOC2)C1. The van der Waals surface area contributed by atoms with Gasteiger partial charge in [-0.25, -0.2) is 9.98 Å². The van der Waals surface area contributed by atoms with Crippen molar-refractivity contribution in [2.75, 3.05) is 50.8 Å². The van der Waals surface area contributed by atoms with E-state index < -0.39 is 0 Å². The van der Waals surface area contributed by atoms with E-state index in [2.05, 4.69) is 39.2 Å². The van der Waals surface area contributed by atoms with Crippen LogP contribution in [0.2, 0.25) is 0 Å². The molecule has 3 fully saturated rings. The minimum absolute atomic E-state index is 0.356. The molecule has 26 heavy (non-hydrogen) atoms. The molecular formula is C20H31N5O. The first-order valence-electron chi connectivity index (χ1n) is 10.1. The van der Waals surface area contributed by atoms with Crippen molar-refractivity contribution in [1.82, 2.24) is 15.2 Å². The highest BCUT2D eigenvalue weighted by atomic mass is 16.5. The van der Waals surface area contributed by atoms with Crippen molar-refractivity contribution in [2.45, 2.75) is 39.2 Å². The van der Waals surface area contributed by atoms with Crippen molar-refractivity contribution in [3.05, 3.63) is 23.9 Å². The lowest BCUT2D eigenvalue weighted by molar-refractivity contribution is 0.156. The lowest BCUT2D eigenvalue weighted by Crippen LogP contribution is -2.41. The normalized spacial score (nSPS) is 26.3. The summed E-state index contributed by atoms with van der Waals surface area (Å²) in [5.74, 6) is 2.13. The van der Waals surface area contributed by atoms with Gasteiger partial charge in [-0.2, -0.15) is 0 Å². The van der Waals surface area contributed by atoms with Gasteiger partial charge in [0.25, 0.3) is 0 Å². The molecule has 1 atom stereocenters. The minimum Gasteiger partial charge on any atom is -0.381 e. The third-order valence-electron chi connectivity index (χ3n) is 5.91. The van der Waals surface area contributed by atoms with Gasteiger partial charge in [0.1, 0.15) is 5.82 Å². The van der Waals surface area contributed by atoms with Gasteiger partial charge < -0.3 is 19.9 Å². The standard InChI is InChI=1S/C20H31N5O/c1-2-21-19(25-11-7-20(15-25)8-12-26-16-20)23-14-17-5-6-18(22-13-17)24-9-3-4-10-24/h5-6,13H,2-4,7-12,14-16H2,1H3,(H,21,23). The molecule has 3 saturated heterocycles. The first-order chi connectivity index (χ1) is 12.8. The van der Waals surface area contributed by atoms with Gasteiger partial charge in [0, 0.05) is 50.9 Å². The highest BCUT2D eigenvalue weighted by molar-refractivity contribution is 5.80. The van der Waals surface area contributed by atoms with E-state index in [9.17, 15) is 0 Å². The molecule has 3 aliphatic heterocycles. The van der Waals surface area contributed by atoms with Crippen molar-refractivity contribution in [2.24, 2.45) is 10.4 Å². The van der Waals surface area contributed by atoms with E-state index in [1.165, 1.54) is 31.2 Å². The summed E-state index contributed by atoms with van der Waals surface area (Å²) in [5, 5.41) is 3.46. The molecule has 0 aromatic carbocycles. The molecule has 1 aromatic rings. The second-order valence-corrected chi connectivity index (χ2v) is 7.86. The summed E-state index contributed by atoms with van der Waals surface area (Å²) >= 11 is 0. The number of guanidine groups is 1. The first-order valence-corrected chi connectivity index (χ1v) is 10.1. The Bertz CT molecular complexity index is 618. The van der Waals surface area contributed by atoms with E-state index in [4.69, 9.17) is 9.73 Å². The highest BCUT2D eigenvalue weighted by Gasteiger charge is 2.42. The number of pyridine rings is 1. The summed E-state index contributed by atoms with van der Waals surface area (Å²) in [5.41, 5.74) is 1.52. The Kier molecular flexibility index (Phi) is 5.29. The van der Waals surface area contributed by atoms with Crippen LogP contribution in [0.4, 0.5) is 5.82 Å². The van der Waals surface area contributed by atoms with Crippen LogP contribution in [0.5, 0.6) is 0 Å². The Morgan fingerprint density at radius 1 is 1.27 bits per heavy atom. The van der Waals surface area contributed by atoms with Gasteiger partial charge >= 0.3 is 0 Å². The highest BCUT2D eigenvalue weighted by Crippen LogP contribution is 2.38. The summed E-state index contributed by atoms with van der Waals surface area (Å²) in [4.78, 5) is 14.3.